The molecule has 0 radical (unpaired) electrons. The number of hydrogen-bond acceptors (Lipinski definition) is 5. The second-order valence-electron chi connectivity index (χ2n) is 7.43. The lowest BCUT2D eigenvalue weighted by Gasteiger charge is -2.35. The second-order valence-corrected chi connectivity index (χ2v) is 7.43. The van der Waals surface area contributed by atoms with Crippen molar-refractivity contribution in [2.45, 2.75) is 65.6 Å². The Hall–Kier alpha value is -1.11. The van der Waals surface area contributed by atoms with Gasteiger partial charge in [-0.25, -0.2) is 0 Å². The van der Waals surface area contributed by atoms with Gasteiger partial charge >= 0.3 is 5.97 Å². The van der Waals surface area contributed by atoms with Gasteiger partial charge in [0.2, 0.25) is 0 Å². The molecule has 0 aliphatic carbocycles. The Kier molecular flexibility index (Phi) is 7.92. The van der Waals surface area contributed by atoms with Crippen molar-refractivity contribution in [1.82, 2.24) is 20.0 Å². The number of carbonyl (C=O) groups is 1. The van der Waals surface area contributed by atoms with E-state index in [1.54, 1.807) is 4.68 Å². The van der Waals surface area contributed by atoms with Crippen molar-refractivity contribution >= 4 is 18.4 Å². The number of piperidine rings is 1. The fraction of sp³-hybridized carbons (Fsp3) is 0.789. The summed E-state index contributed by atoms with van der Waals surface area (Å²) in [7, 11) is 0. The molecule has 2 saturated heterocycles. The molecule has 0 spiro atoms. The average molecular weight is 385 g/mol. The highest BCUT2D eigenvalue weighted by Gasteiger charge is 2.29. The van der Waals surface area contributed by atoms with Crippen LogP contribution in [0, 0.1) is 19.8 Å². The first-order valence-corrected chi connectivity index (χ1v) is 9.72. The maximum atomic E-state index is 11.7. The molecule has 6 nitrogen and oxygen atoms in total. The van der Waals surface area contributed by atoms with Crippen molar-refractivity contribution < 1.29 is 9.53 Å². The summed E-state index contributed by atoms with van der Waals surface area (Å²) in [6, 6.07) is 0.748. The van der Waals surface area contributed by atoms with Crippen LogP contribution in [-0.4, -0.2) is 52.9 Å². The van der Waals surface area contributed by atoms with Gasteiger partial charge in [-0.3, -0.25) is 14.4 Å². The van der Waals surface area contributed by atoms with Crippen LogP contribution in [0.3, 0.4) is 0 Å². The van der Waals surface area contributed by atoms with Crippen LogP contribution in [0.25, 0.3) is 0 Å². The summed E-state index contributed by atoms with van der Waals surface area (Å²) in [6.45, 7) is 11.0. The molecule has 0 aromatic carbocycles. The second kappa shape index (κ2) is 9.72. The molecule has 1 atom stereocenters. The number of likely N-dealkylation sites (tertiary alicyclic amines) is 1. The minimum atomic E-state index is -0.218. The monoisotopic (exact) mass is 384 g/mol. The summed E-state index contributed by atoms with van der Waals surface area (Å²) < 4.78 is 6.83. The van der Waals surface area contributed by atoms with Crippen molar-refractivity contribution in [3.8, 4) is 0 Å². The van der Waals surface area contributed by atoms with Crippen molar-refractivity contribution in [2.24, 2.45) is 5.92 Å². The molecule has 3 heterocycles. The molecular weight excluding hydrogens is 352 g/mol. The number of nitrogens with zero attached hydrogens (tertiary/aromatic N) is 3. The maximum Gasteiger partial charge on any atom is 0.327 e. The van der Waals surface area contributed by atoms with Crippen LogP contribution in [0.4, 0.5) is 0 Å². The summed E-state index contributed by atoms with van der Waals surface area (Å²) in [6.07, 6.45) is 5.26. The first-order chi connectivity index (χ1) is 12.1. The van der Waals surface area contributed by atoms with Gasteiger partial charge in [0.05, 0.1) is 12.3 Å². The summed E-state index contributed by atoms with van der Waals surface area (Å²) in [5.41, 5.74) is 3.38. The molecular formula is C19H33ClN4O2. The van der Waals surface area contributed by atoms with Crippen molar-refractivity contribution in [1.29, 1.82) is 0 Å². The molecule has 1 N–H and O–H groups in total. The van der Waals surface area contributed by atoms with Crippen LogP contribution in [0.2, 0.25) is 0 Å². The first-order valence-electron chi connectivity index (χ1n) is 9.72. The number of aryl methyl sites for hydroxylation is 1. The van der Waals surface area contributed by atoms with Gasteiger partial charge in [-0.15, -0.1) is 12.4 Å². The van der Waals surface area contributed by atoms with E-state index in [-0.39, 0.29) is 24.9 Å². The Morgan fingerprint density at radius 2 is 2.00 bits per heavy atom. The van der Waals surface area contributed by atoms with Crippen molar-refractivity contribution in [2.75, 3.05) is 26.2 Å². The topological polar surface area (TPSA) is 59.4 Å². The SMILES string of the molecule is CCOC(=O)Cn1nc(C)c(CN2CCC(C3CCCN3)CC2)c1C.Cl. The molecule has 1 unspecified atom stereocenters. The van der Waals surface area contributed by atoms with E-state index in [0.29, 0.717) is 6.61 Å². The molecule has 2 aliphatic heterocycles. The van der Waals surface area contributed by atoms with Crippen LogP contribution in [-0.2, 0) is 22.6 Å². The third kappa shape index (κ3) is 4.99. The molecule has 3 rings (SSSR count). The average Bonchev–Trinajstić information content (AvgIpc) is 3.21. The number of rotatable bonds is 6. The smallest absolute Gasteiger partial charge is 0.327 e. The number of ether oxygens (including phenoxy) is 1. The van der Waals surface area contributed by atoms with Crippen LogP contribution in [0.15, 0.2) is 0 Å². The van der Waals surface area contributed by atoms with Gasteiger partial charge < -0.3 is 10.1 Å². The van der Waals surface area contributed by atoms with Gasteiger partial charge in [0.1, 0.15) is 6.54 Å². The lowest BCUT2D eigenvalue weighted by atomic mass is 9.88. The maximum absolute atomic E-state index is 11.7. The minimum absolute atomic E-state index is 0. The zero-order valence-electron chi connectivity index (χ0n) is 16.3. The number of esters is 1. The number of nitrogens with one attached hydrogen (secondary N) is 1. The van der Waals surface area contributed by atoms with E-state index < -0.39 is 0 Å². The fourth-order valence-electron chi connectivity index (χ4n) is 4.30. The fourth-order valence-corrected chi connectivity index (χ4v) is 4.30. The van der Waals surface area contributed by atoms with Crippen LogP contribution >= 0.6 is 12.4 Å². The summed E-state index contributed by atoms with van der Waals surface area (Å²) in [5, 5.41) is 8.22. The number of aromatic nitrogens is 2. The quantitative estimate of drug-likeness (QED) is 0.763. The molecule has 148 valence electrons. The first kappa shape index (κ1) is 21.2. The Morgan fingerprint density at radius 1 is 1.27 bits per heavy atom. The van der Waals surface area contributed by atoms with E-state index in [1.807, 2.05) is 13.8 Å². The number of halogens is 1. The largest absolute Gasteiger partial charge is 0.465 e. The van der Waals surface area contributed by atoms with Gasteiger partial charge in [-0.1, -0.05) is 0 Å². The Balaban J connectivity index is 0.00000243. The summed E-state index contributed by atoms with van der Waals surface area (Å²) in [4.78, 5) is 14.3. The van der Waals surface area contributed by atoms with E-state index >= 15 is 0 Å². The summed E-state index contributed by atoms with van der Waals surface area (Å²) >= 11 is 0. The zero-order valence-corrected chi connectivity index (χ0v) is 17.1. The summed E-state index contributed by atoms with van der Waals surface area (Å²) in [5.74, 6) is 0.622. The van der Waals surface area contributed by atoms with Crippen LogP contribution < -0.4 is 5.32 Å². The molecule has 2 fully saturated rings. The van der Waals surface area contributed by atoms with Crippen molar-refractivity contribution in [3.05, 3.63) is 17.0 Å². The Morgan fingerprint density at radius 3 is 2.62 bits per heavy atom. The van der Waals surface area contributed by atoms with E-state index in [9.17, 15) is 4.79 Å². The normalized spacial score (nSPS) is 21.6. The van der Waals surface area contributed by atoms with Gasteiger partial charge in [-0.05, 0) is 72.0 Å². The third-order valence-electron chi connectivity index (χ3n) is 5.80. The number of carbonyl (C=O) groups excluding carboxylic acids is 1. The van der Waals surface area contributed by atoms with E-state index in [1.165, 1.54) is 37.8 Å². The van der Waals surface area contributed by atoms with Crippen LogP contribution in [0.5, 0.6) is 0 Å². The van der Waals surface area contributed by atoms with Crippen LogP contribution in [0.1, 0.15) is 49.6 Å². The molecule has 0 saturated carbocycles. The predicted molar refractivity (Wildman–Crippen MR) is 105 cm³/mol. The van der Waals surface area contributed by atoms with Crippen molar-refractivity contribution in [3.63, 3.8) is 0 Å². The molecule has 0 bridgehead atoms. The molecule has 2 aliphatic rings. The van der Waals surface area contributed by atoms with Gasteiger partial charge in [0.15, 0.2) is 0 Å². The lowest BCUT2D eigenvalue weighted by Crippen LogP contribution is -2.40. The molecule has 7 heteroatoms. The molecule has 26 heavy (non-hydrogen) atoms. The standard InChI is InChI=1S/C19H32N4O2.ClH/c1-4-25-19(24)13-23-15(3)17(14(2)21-23)12-22-10-7-16(8-11-22)18-6-5-9-20-18;/h16,18,20H,4-13H2,1-3H3;1H. The minimum Gasteiger partial charge on any atom is -0.465 e. The molecule has 1 aromatic rings. The highest BCUT2D eigenvalue weighted by atomic mass is 35.5. The highest BCUT2D eigenvalue weighted by Crippen LogP contribution is 2.27. The van der Waals surface area contributed by atoms with Gasteiger partial charge in [-0.2, -0.15) is 5.10 Å². The Labute approximate surface area is 163 Å². The third-order valence-corrected chi connectivity index (χ3v) is 5.80. The van der Waals surface area contributed by atoms with E-state index in [4.69, 9.17) is 4.74 Å². The molecule has 1 aromatic heterocycles. The predicted octanol–water partition coefficient (Wildman–Crippen LogP) is 2.45. The Bertz CT molecular complexity index is 591. The zero-order chi connectivity index (χ0) is 17.8. The lowest BCUT2D eigenvalue weighted by molar-refractivity contribution is -0.144. The van der Waals surface area contributed by atoms with E-state index in [2.05, 4.69) is 22.2 Å². The highest BCUT2D eigenvalue weighted by molar-refractivity contribution is 5.85. The van der Waals surface area contributed by atoms with Gasteiger partial charge in [0, 0.05) is 23.8 Å². The molecule has 0 amide bonds. The van der Waals surface area contributed by atoms with Gasteiger partial charge in [0.25, 0.3) is 0 Å². The number of hydrogen-bond donors (Lipinski definition) is 1. The van der Waals surface area contributed by atoms with E-state index in [0.717, 1.165) is 43.0 Å².